The second-order valence-corrected chi connectivity index (χ2v) is 7.73. The van der Waals surface area contributed by atoms with Gasteiger partial charge in [0, 0.05) is 10.9 Å². The molecule has 5 rings (SSSR count). The van der Waals surface area contributed by atoms with Crippen molar-refractivity contribution >= 4 is 38.3 Å². The van der Waals surface area contributed by atoms with E-state index in [0.717, 1.165) is 55.9 Å². The molecule has 7 heteroatoms. The lowest BCUT2D eigenvalue weighted by atomic mass is 10.1. The van der Waals surface area contributed by atoms with Gasteiger partial charge in [0.05, 0.1) is 27.1 Å². The molecule has 0 unspecified atom stereocenters. The van der Waals surface area contributed by atoms with Gasteiger partial charge in [-0.05, 0) is 31.0 Å². The number of fused-ring (bicyclic) bond motifs is 3. The van der Waals surface area contributed by atoms with Gasteiger partial charge < -0.3 is 5.73 Å². The summed E-state index contributed by atoms with van der Waals surface area (Å²) in [5.74, 6) is 0.487. The maximum atomic E-state index is 6.15. The van der Waals surface area contributed by atoms with Crippen molar-refractivity contribution in [2.24, 2.45) is 0 Å². The third-order valence-electron chi connectivity index (χ3n) is 4.67. The molecular weight excluding hydrogens is 368 g/mol. The summed E-state index contributed by atoms with van der Waals surface area (Å²) in [5.41, 5.74) is 10.6. The summed E-state index contributed by atoms with van der Waals surface area (Å²) in [5, 5.41) is 10.8. The highest BCUT2D eigenvalue weighted by Gasteiger charge is 2.14. The highest BCUT2D eigenvalue weighted by molar-refractivity contribution is 7.19. The minimum atomic E-state index is 0.487. The van der Waals surface area contributed by atoms with Crippen molar-refractivity contribution < 1.29 is 0 Å². The van der Waals surface area contributed by atoms with Crippen molar-refractivity contribution in [3.8, 4) is 16.9 Å². The normalized spacial score (nSPS) is 11.5. The number of nitrogen functional groups attached to an aromatic ring is 1. The smallest absolute Gasteiger partial charge is 0.151 e. The SMILES string of the molecule is CCCc1nc2c(N)nc3ccc(-n4cc(-c5ccccc5)nn4)cc3c2s1. The maximum absolute atomic E-state index is 6.15. The predicted octanol–water partition coefficient (Wildman–Crippen LogP) is 4.63. The largest absolute Gasteiger partial charge is 0.382 e. The number of nitrogens with zero attached hydrogens (tertiary/aromatic N) is 5. The molecule has 0 bridgehead atoms. The molecule has 3 aromatic heterocycles. The molecule has 0 atom stereocenters. The summed E-state index contributed by atoms with van der Waals surface area (Å²) in [6, 6.07) is 16.1. The summed E-state index contributed by atoms with van der Waals surface area (Å²) in [4.78, 5) is 9.24. The van der Waals surface area contributed by atoms with Crippen LogP contribution in [0.3, 0.4) is 0 Å². The monoisotopic (exact) mass is 386 g/mol. The lowest BCUT2D eigenvalue weighted by Crippen LogP contribution is -1.97. The molecule has 2 aromatic carbocycles. The molecule has 6 nitrogen and oxygen atoms in total. The van der Waals surface area contributed by atoms with E-state index in [1.165, 1.54) is 0 Å². The summed E-state index contributed by atoms with van der Waals surface area (Å²) in [7, 11) is 0. The fourth-order valence-electron chi connectivity index (χ4n) is 3.30. The van der Waals surface area contributed by atoms with Crippen LogP contribution < -0.4 is 5.73 Å². The van der Waals surface area contributed by atoms with Crippen LogP contribution in [0.4, 0.5) is 5.82 Å². The predicted molar refractivity (Wildman–Crippen MR) is 114 cm³/mol. The van der Waals surface area contributed by atoms with E-state index in [-0.39, 0.29) is 0 Å². The van der Waals surface area contributed by atoms with Crippen molar-refractivity contribution in [1.29, 1.82) is 0 Å². The minimum absolute atomic E-state index is 0.487. The van der Waals surface area contributed by atoms with E-state index >= 15 is 0 Å². The number of nitrogens with two attached hydrogens (primary N) is 1. The molecule has 138 valence electrons. The van der Waals surface area contributed by atoms with E-state index in [1.54, 1.807) is 16.0 Å². The van der Waals surface area contributed by atoms with Crippen LogP contribution in [0.5, 0.6) is 0 Å². The molecule has 0 saturated heterocycles. The van der Waals surface area contributed by atoms with Crippen LogP contribution in [-0.4, -0.2) is 25.0 Å². The highest BCUT2D eigenvalue weighted by Crippen LogP contribution is 2.34. The van der Waals surface area contributed by atoms with Crippen LogP contribution in [-0.2, 0) is 6.42 Å². The summed E-state index contributed by atoms with van der Waals surface area (Å²) in [6.07, 6.45) is 3.94. The zero-order chi connectivity index (χ0) is 19.1. The van der Waals surface area contributed by atoms with Gasteiger partial charge in [-0.2, -0.15) is 0 Å². The van der Waals surface area contributed by atoms with Crippen LogP contribution in [0.2, 0.25) is 0 Å². The fraction of sp³-hybridized carbons (Fsp3) is 0.143. The number of thiazole rings is 1. The van der Waals surface area contributed by atoms with Gasteiger partial charge in [0.15, 0.2) is 5.82 Å². The molecule has 0 spiro atoms. The first kappa shape index (κ1) is 16.8. The Morgan fingerprint density at radius 3 is 2.75 bits per heavy atom. The Bertz CT molecular complexity index is 1290. The number of rotatable bonds is 4. The third kappa shape index (κ3) is 2.80. The maximum Gasteiger partial charge on any atom is 0.151 e. The molecular formula is C21H18N6S. The van der Waals surface area contributed by atoms with E-state index in [2.05, 4.69) is 28.3 Å². The lowest BCUT2D eigenvalue weighted by Gasteiger charge is -2.05. The van der Waals surface area contributed by atoms with Gasteiger partial charge in [0.25, 0.3) is 0 Å². The third-order valence-corrected chi connectivity index (χ3v) is 5.82. The quantitative estimate of drug-likeness (QED) is 0.487. The van der Waals surface area contributed by atoms with Gasteiger partial charge in [0.1, 0.15) is 11.2 Å². The van der Waals surface area contributed by atoms with E-state index in [4.69, 9.17) is 10.7 Å². The molecule has 28 heavy (non-hydrogen) atoms. The first-order valence-electron chi connectivity index (χ1n) is 9.19. The van der Waals surface area contributed by atoms with Crippen molar-refractivity contribution in [1.82, 2.24) is 25.0 Å². The Balaban J connectivity index is 1.64. The molecule has 2 N–H and O–H groups in total. The number of hydrogen-bond donors (Lipinski definition) is 1. The Kier molecular flexibility index (Phi) is 4.02. The van der Waals surface area contributed by atoms with Crippen LogP contribution in [0.1, 0.15) is 18.4 Å². The number of aromatic nitrogens is 5. The fourth-order valence-corrected chi connectivity index (χ4v) is 4.50. The molecule has 0 fully saturated rings. The van der Waals surface area contributed by atoms with Crippen LogP contribution in [0, 0.1) is 0 Å². The lowest BCUT2D eigenvalue weighted by molar-refractivity contribution is 0.805. The van der Waals surface area contributed by atoms with Crippen molar-refractivity contribution in [2.45, 2.75) is 19.8 Å². The van der Waals surface area contributed by atoms with Crippen LogP contribution in [0.15, 0.2) is 54.7 Å². The zero-order valence-corrected chi connectivity index (χ0v) is 16.1. The van der Waals surface area contributed by atoms with E-state index in [9.17, 15) is 0 Å². The van der Waals surface area contributed by atoms with Gasteiger partial charge >= 0.3 is 0 Å². The summed E-state index contributed by atoms with van der Waals surface area (Å²) < 4.78 is 2.87. The first-order chi connectivity index (χ1) is 13.7. The molecule has 0 amide bonds. The minimum Gasteiger partial charge on any atom is -0.382 e. The number of hydrogen-bond acceptors (Lipinski definition) is 6. The second kappa shape index (κ2) is 6.69. The van der Waals surface area contributed by atoms with Crippen molar-refractivity contribution in [3.63, 3.8) is 0 Å². The van der Waals surface area contributed by atoms with Crippen LogP contribution in [0.25, 0.3) is 38.1 Å². The summed E-state index contributed by atoms with van der Waals surface area (Å²) in [6.45, 7) is 2.15. The Morgan fingerprint density at radius 1 is 1.07 bits per heavy atom. The van der Waals surface area contributed by atoms with Gasteiger partial charge in [-0.15, -0.1) is 16.4 Å². The first-order valence-corrected chi connectivity index (χ1v) is 10.0. The Hall–Kier alpha value is -3.32. The highest BCUT2D eigenvalue weighted by atomic mass is 32.1. The van der Waals surface area contributed by atoms with E-state index in [1.807, 2.05) is 48.7 Å². The topological polar surface area (TPSA) is 82.5 Å². The van der Waals surface area contributed by atoms with E-state index in [0.29, 0.717) is 5.82 Å². The number of anilines is 1. The van der Waals surface area contributed by atoms with Gasteiger partial charge in [-0.1, -0.05) is 42.5 Å². The molecule has 3 heterocycles. The van der Waals surface area contributed by atoms with Crippen molar-refractivity contribution in [2.75, 3.05) is 5.73 Å². The molecule has 0 aliphatic rings. The molecule has 0 aliphatic heterocycles. The van der Waals surface area contributed by atoms with Crippen LogP contribution >= 0.6 is 11.3 Å². The number of benzene rings is 2. The summed E-state index contributed by atoms with van der Waals surface area (Å²) >= 11 is 1.70. The number of aryl methyl sites for hydroxylation is 1. The average molecular weight is 386 g/mol. The second-order valence-electron chi connectivity index (χ2n) is 6.65. The van der Waals surface area contributed by atoms with Crippen molar-refractivity contribution in [3.05, 3.63) is 59.7 Å². The van der Waals surface area contributed by atoms with Gasteiger partial charge in [-0.25, -0.2) is 14.6 Å². The molecule has 0 aliphatic carbocycles. The van der Waals surface area contributed by atoms with Gasteiger partial charge in [-0.3, -0.25) is 0 Å². The molecule has 0 radical (unpaired) electrons. The van der Waals surface area contributed by atoms with E-state index < -0.39 is 0 Å². The molecule has 5 aromatic rings. The standard InChI is InChI=1S/C21H18N6S/c1-2-6-18-24-19-20(28-18)15-11-14(9-10-16(15)23-21(19)22)27-12-17(25-26-27)13-7-4-3-5-8-13/h3-5,7-12H,2,6H2,1H3,(H2,22,23). The van der Waals surface area contributed by atoms with Gasteiger partial charge in [0.2, 0.25) is 0 Å². The zero-order valence-electron chi connectivity index (χ0n) is 15.3. The molecule has 0 saturated carbocycles. The number of pyridine rings is 1. The Labute approximate surface area is 165 Å². The Morgan fingerprint density at radius 2 is 1.93 bits per heavy atom. The average Bonchev–Trinajstić information content (AvgIpc) is 3.37.